The van der Waals surface area contributed by atoms with Crippen molar-refractivity contribution in [3.8, 4) is 0 Å². The van der Waals surface area contributed by atoms with Gasteiger partial charge in [0.1, 0.15) is 5.60 Å². The third kappa shape index (κ3) is 1.37. The standard InChI is InChI=1S/C11H11NO3/c1-11(7-14-11)6-12-8-4-2-3-5-9(8)15-10(12)13/h2-5H,6-7H2,1H3. The molecule has 15 heavy (non-hydrogen) atoms. The Hall–Kier alpha value is -1.55. The first-order chi connectivity index (χ1) is 7.18. The summed E-state index contributed by atoms with van der Waals surface area (Å²) < 4.78 is 12.0. The molecule has 3 rings (SSSR count). The Balaban J connectivity index is 2.16. The summed E-state index contributed by atoms with van der Waals surface area (Å²) in [7, 11) is 0. The highest BCUT2D eigenvalue weighted by Crippen LogP contribution is 2.28. The second kappa shape index (κ2) is 2.73. The van der Waals surface area contributed by atoms with Crippen molar-refractivity contribution in [1.82, 2.24) is 4.57 Å². The Labute approximate surface area is 86.1 Å². The van der Waals surface area contributed by atoms with E-state index in [1.54, 1.807) is 10.6 Å². The van der Waals surface area contributed by atoms with Crippen molar-refractivity contribution in [2.24, 2.45) is 0 Å². The SMILES string of the molecule is CC1(Cn2c(=O)oc3ccccc32)CO1. The molecule has 78 valence electrons. The predicted molar refractivity (Wildman–Crippen MR) is 54.8 cm³/mol. The van der Waals surface area contributed by atoms with Crippen LogP contribution in [0, 0.1) is 0 Å². The van der Waals surface area contributed by atoms with Crippen molar-refractivity contribution in [1.29, 1.82) is 0 Å². The lowest BCUT2D eigenvalue weighted by Crippen LogP contribution is -2.23. The van der Waals surface area contributed by atoms with Gasteiger partial charge in [-0.05, 0) is 19.1 Å². The average Bonchev–Trinajstić information content (AvgIpc) is 2.86. The fourth-order valence-corrected chi connectivity index (χ4v) is 1.71. The van der Waals surface area contributed by atoms with Gasteiger partial charge in [-0.15, -0.1) is 0 Å². The molecule has 1 fully saturated rings. The van der Waals surface area contributed by atoms with Gasteiger partial charge in [0.25, 0.3) is 0 Å². The van der Waals surface area contributed by atoms with E-state index >= 15 is 0 Å². The molecule has 2 aromatic rings. The molecule has 1 atom stereocenters. The van der Waals surface area contributed by atoms with Crippen LogP contribution in [-0.4, -0.2) is 16.8 Å². The summed E-state index contributed by atoms with van der Waals surface area (Å²) in [6.45, 7) is 3.25. The highest BCUT2D eigenvalue weighted by atomic mass is 16.6. The van der Waals surface area contributed by atoms with Crippen molar-refractivity contribution < 1.29 is 9.15 Å². The Bertz CT molecular complexity index is 562. The van der Waals surface area contributed by atoms with Crippen LogP contribution in [0.1, 0.15) is 6.92 Å². The lowest BCUT2D eigenvalue weighted by atomic mass is 10.2. The first-order valence-electron chi connectivity index (χ1n) is 4.90. The highest BCUT2D eigenvalue weighted by Gasteiger charge is 2.40. The Kier molecular flexibility index (Phi) is 1.59. The number of epoxide rings is 1. The molecular weight excluding hydrogens is 194 g/mol. The van der Waals surface area contributed by atoms with Crippen LogP contribution in [0.3, 0.4) is 0 Å². The second-order valence-corrected chi connectivity index (χ2v) is 4.16. The van der Waals surface area contributed by atoms with Gasteiger partial charge < -0.3 is 9.15 Å². The summed E-state index contributed by atoms with van der Waals surface area (Å²) in [6, 6.07) is 7.42. The number of aromatic nitrogens is 1. The first kappa shape index (κ1) is 8.73. The van der Waals surface area contributed by atoms with E-state index in [0.717, 1.165) is 5.52 Å². The lowest BCUT2D eigenvalue weighted by molar-refractivity contribution is 0.289. The van der Waals surface area contributed by atoms with Gasteiger partial charge in [-0.25, -0.2) is 4.79 Å². The molecule has 1 aromatic heterocycles. The quantitative estimate of drug-likeness (QED) is 0.696. The molecular formula is C11H11NO3. The number of hydrogen-bond acceptors (Lipinski definition) is 3. The molecule has 0 radical (unpaired) electrons. The number of benzene rings is 1. The summed E-state index contributed by atoms with van der Waals surface area (Å²) in [5.74, 6) is -0.312. The zero-order valence-electron chi connectivity index (χ0n) is 8.40. The van der Waals surface area contributed by atoms with Crippen LogP contribution in [0.4, 0.5) is 0 Å². The van der Waals surface area contributed by atoms with E-state index < -0.39 is 0 Å². The minimum atomic E-state index is -0.312. The van der Waals surface area contributed by atoms with Gasteiger partial charge in [0.05, 0.1) is 18.7 Å². The number of ether oxygens (including phenoxy) is 1. The second-order valence-electron chi connectivity index (χ2n) is 4.16. The summed E-state index contributed by atoms with van der Waals surface area (Å²) in [6.07, 6.45) is 0. The van der Waals surface area contributed by atoms with Crippen LogP contribution < -0.4 is 5.76 Å². The number of oxazole rings is 1. The molecule has 0 N–H and O–H groups in total. The molecule has 2 heterocycles. The number of para-hydroxylation sites is 2. The van der Waals surface area contributed by atoms with E-state index in [1.807, 2.05) is 25.1 Å². The smallest absolute Gasteiger partial charge is 0.408 e. The number of rotatable bonds is 2. The van der Waals surface area contributed by atoms with E-state index in [2.05, 4.69) is 0 Å². The fraction of sp³-hybridized carbons (Fsp3) is 0.364. The normalized spacial score (nSPS) is 24.6. The Morgan fingerprint density at radius 2 is 2.20 bits per heavy atom. The van der Waals surface area contributed by atoms with Crippen molar-refractivity contribution in [2.75, 3.05) is 6.61 Å². The minimum absolute atomic E-state index is 0.184. The topological polar surface area (TPSA) is 47.7 Å². The van der Waals surface area contributed by atoms with Gasteiger partial charge in [-0.3, -0.25) is 4.57 Å². The van der Waals surface area contributed by atoms with Crippen molar-refractivity contribution in [3.05, 3.63) is 34.8 Å². The average molecular weight is 205 g/mol. The molecule has 4 heteroatoms. The zero-order valence-corrected chi connectivity index (χ0v) is 8.40. The lowest BCUT2D eigenvalue weighted by Gasteiger charge is -2.04. The van der Waals surface area contributed by atoms with Gasteiger partial charge >= 0.3 is 5.76 Å². The maximum atomic E-state index is 11.6. The van der Waals surface area contributed by atoms with E-state index in [4.69, 9.17) is 9.15 Å². The van der Waals surface area contributed by atoms with E-state index in [0.29, 0.717) is 18.7 Å². The van der Waals surface area contributed by atoms with Crippen LogP contribution in [0.15, 0.2) is 33.5 Å². The van der Waals surface area contributed by atoms with Crippen LogP contribution in [0.2, 0.25) is 0 Å². The van der Waals surface area contributed by atoms with Gasteiger partial charge in [-0.1, -0.05) is 12.1 Å². The van der Waals surface area contributed by atoms with Gasteiger partial charge in [-0.2, -0.15) is 0 Å². The fourth-order valence-electron chi connectivity index (χ4n) is 1.71. The summed E-state index contributed by atoms with van der Waals surface area (Å²) in [4.78, 5) is 11.6. The monoisotopic (exact) mass is 205 g/mol. The molecule has 0 aliphatic carbocycles. The first-order valence-corrected chi connectivity index (χ1v) is 4.90. The number of nitrogens with zero attached hydrogens (tertiary/aromatic N) is 1. The predicted octanol–water partition coefficient (Wildman–Crippen LogP) is 1.38. The molecule has 0 spiro atoms. The van der Waals surface area contributed by atoms with Gasteiger partial charge in [0.2, 0.25) is 0 Å². The third-order valence-electron chi connectivity index (χ3n) is 2.70. The summed E-state index contributed by atoms with van der Waals surface area (Å²) in [5.41, 5.74) is 1.28. The molecule has 1 aliphatic heterocycles. The molecule has 1 aliphatic rings. The van der Waals surface area contributed by atoms with Crippen molar-refractivity contribution >= 4 is 11.1 Å². The van der Waals surface area contributed by atoms with Crippen molar-refractivity contribution in [3.63, 3.8) is 0 Å². The molecule has 1 aromatic carbocycles. The molecule has 4 nitrogen and oxygen atoms in total. The van der Waals surface area contributed by atoms with Gasteiger partial charge in [0, 0.05) is 0 Å². The maximum Gasteiger partial charge on any atom is 0.420 e. The third-order valence-corrected chi connectivity index (χ3v) is 2.70. The summed E-state index contributed by atoms with van der Waals surface area (Å²) >= 11 is 0. The number of hydrogen-bond donors (Lipinski definition) is 0. The largest absolute Gasteiger partial charge is 0.420 e. The highest BCUT2D eigenvalue weighted by molar-refractivity contribution is 5.72. The van der Waals surface area contributed by atoms with Gasteiger partial charge in [0.15, 0.2) is 5.58 Å². The molecule has 0 amide bonds. The van der Waals surface area contributed by atoms with Crippen LogP contribution >= 0.6 is 0 Å². The Morgan fingerprint density at radius 1 is 1.47 bits per heavy atom. The van der Waals surface area contributed by atoms with Crippen LogP contribution in [-0.2, 0) is 11.3 Å². The summed E-state index contributed by atoms with van der Waals surface area (Å²) in [5, 5.41) is 0. The zero-order chi connectivity index (χ0) is 10.5. The number of fused-ring (bicyclic) bond motifs is 1. The molecule has 1 unspecified atom stereocenters. The van der Waals surface area contributed by atoms with Crippen molar-refractivity contribution in [2.45, 2.75) is 19.1 Å². The van der Waals surface area contributed by atoms with E-state index in [1.165, 1.54) is 0 Å². The van der Waals surface area contributed by atoms with Crippen LogP contribution in [0.25, 0.3) is 11.1 Å². The van der Waals surface area contributed by atoms with E-state index in [-0.39, 0.29) is 11.4 Å². The van der Waals surface area contributed by atoms with E-state index in [9.17, 15) is 4.79 Å². The van der Waals surface area contributed by atoms with Crippen LogP contribution in [0.5, 0.6) is 0 Å². The molecule has 0 bridgehead atoms. The Morgan fingerprint density at radius 3 is 2.93 bits per heavy atom. The molecule has 1 saturated heterocycles. The minimum Gasteiger partial charge on any atom is -0.408 e. The maximum absolute atomic E-state index is 11.6. The molecule has 0 saturated carbocycles.